The largest absolute Gasteiger partial charge is 0.484 e. The molecule has 21 heavy (non-hydrogen) atoms. The number of fused-ring (bicyclic) bond motifs is 1. The van der Waals surface area contributed by atoms with E-state index in [1.165, 1.54) is 19.1 Å². The van der Waals surface area contributed by atoms with Gasteiger partial charge in [0.15, 0.2) is 0 Å². The molecule has 2 unspecified atom stereocenters. The molecule has 0 saturated carbocycles. The number of hydrogen-bond donors (Lipinski definition) is 0. The third-order valence-electron chi connectivity index (χ3n) is 2.98. The summed E-state index contributed by atoms with van der Waals surface area (Å²) in [6.45, 7) is 2.98. The number of rotatable bonds is 3. The van der Waals surface area contributed by atoms with Crippen molar-refractivity contribution < 1.29 is 19.2 Å². The lowest BCUT2D eigenvalue weighted by Gasteiger charge is -2.18. The molecular formula is C13H13ClN2O5. The fraction of sp³-hybridized carbons (Fsp3) is 0.385. The number of para-hydroxylation sites is 1. The van der Waals surface area contributed by atoms with Gasteiger partial charge in [0.2, 0.25) is 5.75 Å². The highest BCUT2D eigenvalue weighted by atomic mass is 35.5. The number of carbonyl (C=O) groups is 1. The predicted octanol–water partition coefficient (Wildman–Crippen LogP) is 2.29. The number of carbonyl (C=O) groups excluding carboxylic acids is 1. The van der Waals surface area contributed by atoms with Gasteiger partial charge in [-0.25, -0.2) is 0 Å². The molecule has 0 spiro atoms. The molecule has 0 bridgehead atoms. The number of halogens is 1. The molecule has 2 atom stereocenters. The fourth-order valence-electron chi connectivity index (χ4n) is 1.98. The molecule has 0 aromatic heterocycles. The van der Waals surface area contributed by atoms with Crippen LogP contribution in [0.15, 0.2) is 23.2 Å². The maximum absolute atomic E-state index is 11.0. The molecule has 8 heteroatoms. The topological polar surface area (TPSA) is 91.0 Å². The first-order chi connectivity index (χ1) is 9.90. The lowest BCUT2D eigenvalue weighted by atomic mass is 10.2. The first-order valence-electron chi connectivity index (χ1n) is 6.21. The van der Waals surface area contributed by atoms with Gasteiger partial charge in [-0.2, -0.15) is 0 Å². The van der Waals surface area contributed by atoms with E-state index in [-0.39, 0.29) is 23.2 Å². The number of benzene rings is 1. The Hall–Kier alpha value is -2.15. The van der Waals surface area contributed by atoms with E-state index in [1.807, 2.05) is 0 Å². The number of ether oxygens (including phenoxy) is 2. The van der Waals surface area contributed by atoms with Crippen LogP contribution in [-0.2, 0) is 9.53 Å². The molecule has 0 aliphatic carbocycles. The Morgan fingerprint density at radius 3 is 2.95 bits per heavy atom. The van der Waals surface area contributed by atoms with Crippen molar-refractivity contribution in [2.75, 3.05) is 6.61 Å². The van der Waals surface area contributed by atoms with E-state index in [0.717, 1.165) is 0 Å². The van der Waals surface area contributed by atoms with Crippen molar-refractivity contribution in [3.8, 4) is 5.75 Å². The summed E-state index contributed by atoms with van der Waals surface area (Å²) in [4.78, 5) is 25.7. The molecule has 0 N–H and O–H groups in total. The van der Waals surface area contributed by atoms with Crippen molar-refractivity contribution in [1.82, 2.24) is 0 Å². The van der Waals surface area contributed by atoms with Gasteiger partial charge in [0.1, 0.15) is 23.9 Å². The van der Waals surface area contributed by atoms with Gasteiger partial charge in [0.25, 0.3) is 0 Å². The van der Waals surface area contributed by atoms with Crippen LogP contribution in [0.25, 0.3) is 0 Å². The van der Waals surface area contributed by atoms with Crippen LogP contribution in [0, 0.1) is 10.1 Å². The Balaban J connectivity index is 2.34. The summed E-state index contributed by atoms with van der Waals surface area (Å²) in [5.74, 6) is -0.365. The molecule has 112 valence electrons. The standard InChI is InChI=1S/C13H13ClN2O5/c1-7(21-8(2)17)10-6-20-12-9(13(14)15-10)4-3-5-11(12)16(18)19/h3-5,7,10H,6H2,1-2H3. The van der Waals surface area contributed by atoms with Crippen molar-refractivity contribution >= 4 is 28.4 Å². The number of aliphatic imine (C=N–C) groups is 1. The van der Waals surface area contributed by atoms with Crippen LogP contribution in [-0.4, -0.2) is 34.8 Å². The van der Waals surface area contributed by atoms with Crippen molar-refractivity contribution in [3.63, 3.8) is 0 Å². The summed E-state index contributed by atoms with van der Waals surface area (Å²) in [6, 6.07) is 3.90. The van der Waals surface area contributed by atoms with E-state index in [1.54, 1.807) is 13.0 Å². The quantitative estimate of drug-likeness (QED) is 0.485. The van der Waals surface area contributed by atoms with Crippen molar-refractivity contribution in [2.45, 2.75) is 26.0 Å². The van der Waals surface area contributed by atoms with Crippen LogP contribution in [0.1, 0.15) is 19.4 Å². The molecule has 1 heterocycles. The normalized spacial score (nSPS) is 18.6. The smallest absolute Gasteiger partial charge is 0.311 e. The summed E-state index contributed by atoms with van der Waals surface area (Å²) < 4.78 is 10.5. The van der Waals surface area contributed by atoms with Crippen molar-refractivity contribution in [1.29, 1.82) is 0 Å². The minimum absolute atomic E-state index is 0.0303. The molecule has 1 aliphatic rings. The molecular weight excluding hydrogens is 300 g/mol. The predicted molar refractivity (Wildman–Crippen MR) is 76.0 cm³/mol. The highest BCUT2D eigenvalue weighted by Crippen LogP contribution is 2.34. The number of nitro benzene ring substituents is 1. The molecule has 7 nitrogen and oxygen atoms in total. The van der Waals surface area contributed by atoms with Crippen LogP contribution in [0.2, 0.25) is 0 Å². The monoisotopic (exact) mass is 312 g/mol. The Bertz CT molecular complexity index is 617. The van der Waals surface area contributed by atoms with Crippen LogP contribution in [0.5, 0.6) is 5.75 Å². The Kier molecular flexibility index (Phi) is 4.42. The first kappa shape index (κ1) is 15.2. The van der Waals surface area contributed by atoms with Gasteiger partial charge in [0, 0.05) is 13.0 Å². The number of nitrogens with zero attached hydrogens (tertiary/aromatic N) is 2. The van der Waals surface area contributed by atoms with Crippen molar-refractivity contribution in [3.05, 3.63) is 33.9 Å². The molecule has 0 amide bonds. The minimum atomic E-state index is -0.551. The van der Waals surface area contributed by atoms with E-state index >= 15 is 0 Å². The van der Waals surface area contributed by atoms with E-state index in [4.69, 9.17) is 21.1 Å². The summed E-state index contributed by atoms with van der Waals surface area (Å²) in [6.07, 6.45) is -0.551. The summed E-state index contributed by atoms with van der Waals surface area (Å²) >= 11 is 6.11. The second-order valence-electron chi connectivity index (χ2n) is 4.52. The van der Waals surface area contributed by atoms with Crippen LogP contribution >= 0.6 is 11.6 Å². The van der Waals surface area contributed by atoms with Gasteiger partial charge in [0.05, 0.1) is 10.5 Å². The third-order valence-corrected chi connectivity index (χ3v) is 3.29. The SMILES string of the molecule is CC(=O)OC(C)C1COc2c(cccc2[N+](=O)[O-])C(Cl)=N1. The molecule has 2 rings (SSSR count). The zero-order chi connectivity index (χ0) is 15.6. The van der Waals surface area contributed by atoms with E-state index in [2.05, 4.69) is 4.99 Å². The zero-order valence-electron chi connectivity index (χ0n) is 11.4. The average molecular weight is 313 g/mol. The number of nitro groups is 1. The summed E-state index contributed by atoms with van der Waals surface area (Å²) in [7, 11) is 0. The second-order valence-corrected chi connectivity index (χ2v) is 4.88. The molecule has 0 saturated heterocycles. The van der Waals surface area contributed by atoms with Gasteiger partial charge in [-0.15, -0.1) is 0 Å². The van der Waals surface area contributed by atoms with Gasteiger partial charge >= 0.3 is 11.7 Å². The Morgan fingerprint density at radius 1 is 1.62 bits per heavy atom. The van der Waals surface area contributed by atoms with Crippen LogP contribution in [0.3, 0.4) is 0 Å². The van der Waals surface area contributed by atoms with Crippen molar-refractivity contribution in [2.24, 2.45) is 4.99 Å². The molecule has 1 aliphatic heterocycles. The Morgan fingerprint density at radius 2 is 2.33 bits per heavy atom. The third kappa shape index (κ3) is 3.30. The van der Waals surface area contributed by atoms with E-state index in [9.17, 15) is 14.9 Å². The van der Waals surface area contributed by atoms with E-state index < -0.39 is 23.0 Å². The molecule has 1 aromatic carbocycles. The lowest BCUT2D eigenvalue weighted by Crippen LogP contribution is -2.31. The van der Waals surface area contributed by atoms with Gasteiger partial charge in [-0.1, -0.05) is 17.7 Å². The zero-order valence-corrected chi connectivity index (χ0v) is 12.2. The van der Waals surface area contributed by atoms with E-state index in [0.29, 0.717) is 5.56 Å². The fourth-order valence-corrected chi connectivity index (χ4v) is 2.26. The maximum atomic E-state index is 11.0. The minimum Gasteiger partial charge on any atom is -0.484 e. The molecule has 0 fully saturated rings. The summed E-state index contributed by atoms with van der Waals surface area (Å²) in [5.41, 5.74) is 0.171. The van der Waals surface area contributed by atoms with Crippen LogP contribution < -0.4 is 4.74 Å². The summed E-state index contributed by atoms with van der Waals surface area (Å²) in [5, 5.41) is 11.1. The van der Waals surface area contributed by atoms with Crippen LogP contribution in [0.4, 0.5) is 5.69 Å². The maximum Gasteiger partial charge on any atom is 0.311 e. The Labute approximate surface area is 125 Å². The highest BCUT2D eigenvalue weighted by Gasteiger charge is 2.29. The highest BCUT2D eigenvalue weighted by molar-refractivity contribution is 6.70. The van der Waals surface area contributed by atoms with Gasteiger partial charge < -0.3 is 9.47 Å². The second kappa shape index (κ2) is 6.09. The average Bonchev–Trinajstić information content (AvgIpc) is 2.57. The number of hydrogen-bond acceptors (Lipinski definition) is 6. The first-order valence-corrected chi connectivity index (χ1v) is 6.59. The molecule has 0 radical (unpaired) electrons. The van der Waals surface area contributed by atoms with Gasteiger partial charge in [-0.05, 0) is 13.0 Å². The molecule has 1 aromatic rings. The number of esters is 1. The van der Waals surface area contributed by atoms with Gasteiger partial charge in [-0.3, -0.25) is 19.9 Å². The lowest BCUT2D eigenvalue weighted by molar-refractivity contribution is -0.385.